The summed E-state index contributed by atoms with van der Waals surface area (Å²) >= 11 is 0. The van der Waals surface area contributed by atoms with Crippen LogP contribution in [0.2, 0.25) is 0 Å². The first-order valence-corrected chi connectivity index (χ1v) is 9.14. The minimum Gasteiger partial charge on any atom is -0.463 e. The molecule has 31 heavy (non-hydrogen) atoms. The fraction of sp³-hybridized carbons (Fsp3) is 0.667. The molecule has 0 spiro atoms. The molecule has 0 aliphatic carbocycles. The Labute approximate surface area is 177 Å². The zero-order valence-electron chi connectivity index (χ0n) is 17.7. The fourth-order valence-electron chi connectivity index (χ4n) is 2.71. The van der Waals surface area contributed by atoms with E-state index in [0.29, 0.717) is 0 Å². The molecule has 1 amide bonds. The molecule has 0 aromatic heterocycles. The molecule has 13 heteroatoms. The summed E-state index contributed by atoms with van der Waals surface area (Å²) in [4.78, 5) is 69.3. The van der Waals surface area contributed by atoms with E-state index in [1.165, 1.54) is 0 Å². The van der Waals surface area contributed by atoms with Crippen LogP contribution in [0.3, 0.4) is 0 Å². The molecule has 13 nitrogen and oxygen atoms in total. The molecule has 0 aromatic carbocycles. The molecular weight excluding hydrogens is 422 g/mol. The zero-order chi connectivity index (χ0) is 23.7. The lowest BCUT2D eigenvalue weighted by molar-refractivity contribution is -0.271. The normalized spacial score (nSPS) is 24.9. The maximum Gasteiger partial charge on any atom is 0.305 e. The Hall–Kier alpha value is -3.22. The molecule has 1 N–H and O–H groups in total. The van der Waals surface area contributed by atoms with Crippen LogP contribution in [0.25, 0.3) is 0 Å². The summed E-state index contributed by atoms with van der Waals surface area (Å²) in [6, 6.07) is -1.35. The third-order valence-corrected chi connectivity index (χ3v) is 3.72. The van der Waals surface area contributed by atoms with E-state index in [-0.39, 0.29) is 0 Å². The van der Waals surface area contributed by atoms with Crippen molar-refractivity contribution < 1.29 is 57.2 Å². The van der Waals surface area contributed by atoms with Gasteiger partial charge in [-0.25, -0.2) is 0 Å². The third kappa shape index (κ3) is 8.99. The van der Waals surface area contributed by atoms with Crippen molar-refractivity contribution in [2.45, 2.75) is 65.3 Å². The zero-order valence-corrected chi connectivity index (χ0v) is 17.7. The lowest BCUT2D eigenvalue weighted by Crippen LogP contribution is -2.67. The highest BCUT2D eigenvalue weighted by Gasteiger charge is 2.52. The molecule has 0 bridgehead atoms. The van der Waals surface area contributed by atoms with Gasteiger partial charge < -0.3 is 33.7 Å². The predicted molar refractivity (Wildman–Crippen MR) is 96.7 cm³/mol. The number of esters is 5. The Kier molecular flexibility index (Phi) is 9.86. The van der Waals surface area contributed by atoms with Crippen molar-refractivity contribution >= 4 is 35.8 Å². The van der Waals surface area contributed by atoms with Crippen LogP contribution in [-0.2, 0) is 57.2 Å². The Morgan fingerprint density at radius 1 is 0.710 bits per heavy atom. The molecule has 5 atom stereocenters. The van der Waals surface area contributed by atoms with Crippen LogP contribution in [-0.4, -0.2) is 79.6 Å². The summed E-state index contributed by atoms with van der Waals surface area (Å²) in [6.45, 7) is 4.34. The second kappa shape index (κ2) is 11.8. The minimum absolute atomic E-state index is 0.434. The summed E-state index contributed by atoms with van der Waals surface area (Å²) in [7, 11) is 0. The molecule has 1 unspecified atom stereocenters. The number of ether oxygens (including phenoxy) is 6. The van der Waals surface area contributed by atoms with E-state index in [1.807, 2.05) is 0 Å². The van der Waals surface area contributed by atoms with Crippen LogP contribution >= 0.6 is 0 Å². The number of nitrogens with one attached hydrogen (secondary N) is 1. The number of hydrogen-bond donors (Lipinski definition) is 1. The number of carbonyl (C=O) groups excluding carboxylic acids is 6. The number of carbonyl (C=O) groups is 6. The topological polar surface area (TPSA) is 170 Å². The van der Waals surface area contributed by atoms with Crippen molar-refractivity contribution in [3.8, 4) is 0 Å². The van der Waals surface area contributed by atoms with E-state index >= 15 is 0 Å². The maximum absolute atomic E-state index is 12.2. The molecule has 174 valence electrons. The lowest BCUT2D eigenvalue weighted by atomic mass is 9.96. The largest absolute Gasteiger partial charge is 0.463 e. The molecule has 1 heterocycles. The van der Waals surface area contributed by atoms with E-state index in [2.05, 4.69) is 10.1 Å². The van der Waals surface area contributed by atoms with Crippen molar-refractivity contribution in [1.29, 1.82) is 0 Å². The van der Waals surface area contributed by atoms with E-state index < -0.39 is 79.6 Å². The summed E-state index contributed by atoms with van der Waals surface area (Å²) in [5.41, 5.74) is 0. The highest BCUT2D eigenvalue weighted by atomic mass is 16.7. The quantitative estimate of drug-likeness (QED) is 0.347. The second-order valence-corrected chi connectivity index (χ2v) is 6.48. The molecular formula is C18H25NO12. The molecule has 0 aromatic rings. The van der Waals surface area contributed by atoms with Crippen molar-refractivity contribution in [2.24, 2.45) is 0 Å². The number of hydrogen-bond acceptors (Lipinski definition) is 12. The Balaban J connectivity index is 3.29. The van der Waals surface area contributed by atoms with E-state index in [4.69, 9.17) is 23.7 Å². The molecule has 0 radical (unpaired) electrons. The molecule has 1 aliphatic heterocycles. The van der Waals surface area contributed by atoms with Gasteiger partial charge in [0.15, 0.2) is 18.8 Å². The standard InChI is InChI=1S/C18H25NO12/c1-8(20)26-6-13-16(28-10(3)22)17(29-11(4)23)15(18(31-13)30-12(5)24)19-14(25)7-27-9(2)21/h13,15-18H,6-7H2,1-5H3,(H,19,25)/t13-,15+,16-,17-,18?/m1/s1. The van der Waals surface area contributed by atoms with Gasteiger partial charge in [0.05, 0.1) is 0 Å². The van der Waals surface area contributed by atoms with E-state index in [1.54, 1.807) is 0 Å². The predicted octanol–water partition coefficient (Wildman–Crippen LogP) is -1.25. The second-order valence-electron chi connectivity index (χ2n) is 6.48. The summed E-state index contributed by atoms with van der Waals surface area (Å²) in [5.74, 6) is -4.62. The molecule has 1 aliphatic rings. The van der Waals surface area contributed by atoms with Crippen LogP contribution in [0, 0.1) is 0 Å². The van der Waals surface area contributed by atoms with Crippen LogP contribution in [0.1, 0.15) is 34.6 Å². The van der Waals surface area contributed by atoms with E-state index in [9.17, 15) is 28.8 Å². The van der Waals surface area contributed by atoms with Crippen molar-refractivity contribution in [1.82, 2.24) is 5.32 Å². The van der Waals surface area contributed by atoms with Gasteiger partial charge >= 0.3 is 29.8 Å². The van der Waals surface area contributed by atoms with Crippen molar-refractivity contribution in [3.05, 3.63) is 0 Å². The van der Waals surface area contributed by atoms with Crippen molar-refractivity contribution in [3.63, 3.8) is 0 Å². The molecule has 1 saturated heterocycles. The first-order valence-electron chi connectivity index (χ1n) is 9.14. The summed E-state index contributed by atoms with van der Waals surface area (Å²) in [5, 5.41) is 2.38. The Morgan fingerprint density at radius 3 is 1.71 bits per heavy atom. The highest BCUT2D eigenvalue weighted by Crippen LogP contribution is 2.28. The number of amides is 1. The van der Waals surface area contributed by atoms with Gasteiger partial charge in [0.1, 0.15) is 18.8 Å². The Bertz CT molecular complexity index is 720. The average molecular weight is 447 g/mol. The summed E-state index contributed by atoms with van der Waals surface area (Å²) < 4.78 is 30.6. The van der Waals surface area contributed by atoms with E-state index in [0.717, 1.165) is 34.6 Å². The van der Waals surface area contributed by atoms with Gasteiger partial charge in [-0.1, -0.05) is 0 Å². The number of rotatable bonds is 8. The van der Waals surface area contributed by atoms with Gasteiger partial charge in [0.2, 0.25) is 6.29 Å². The average Bonchev–Trinajstić information content (AvgIpc) is 2.62. The van der Waals surface area contributed by atoms with Crippen LogP contribution in [0.5, 0.6) is 0 Å². The third-order valence-electron chi connectivity index (χ3n) is 3.72. The van der Waals surface area contributed by atoms with Gasteiger partial charge in [-0.05, 0) is 0 Å². The van der Waals surface area contributed by atoms with Crippen LogP contribution in [0.15, 0.2) is 0 Å². The Morgan fingerprint density at radius 2 is 1.23 bits per heavy atom. The molecule has 0 saturated carbocycles. The smallest absolute Gasteiger partial charge is 0.305 e. The minimum atomic E-state index is -1.52. The molecule has 1 rings (SSSR count). The van der Waals surface area contributed by atoms with Gasteiger partial charge in [0, 0.05) is 34.6 Å². The summed E-state index contributed by atoms with van der Waals surface area (Å²) in [6.07, 6.45) is -5.47. The fourth-order valence-corrected chi connectivity index (χ4v) is 2.71. The SMILES string of the molecule is CC(=O)OCC(=O)N[C@@H]1C(OC(C)=O)O[C@H](COC(C)=O)[C@@H](OC(C)=O)[C@@H]1OC(C)=O. The molecule has 1 fully saturated rings. The van der Waals surface area contributed by atoms with Gasteiger partial charge in [-0.3, -0.25) is 28.8 Å². The first kappa shape index (κ1) is 25.8. The maximum atomic E-state index is 12.2. The first-order chi connectivity index (χ1) is 14.4. The van der Waals surface area contributed by atoms with Crippen LogP contribution in [0.4, 0.5) is 0 Å². The van der Waals surface area contributed by atoms with Gasteiger partial charge in [-0.2, -0.15) is 0 Å². The highest BCUT2D eigenvalue weighted by molar-refractivity contribution is 5.80. The monoisotopic (exact) mass is 447 g/mol. The lowest BCUT2D eigenvalue weighted by Gasteiger charge is -2.44. The van der Waals surface area contributed by atoms with Gasteiger partial charge in [-0.15, -0.1) is 0 Å². The van der Waals surface area contributed by atoms with Crippen LogP contribution < -0.4 is 5.32 Å². The van der Waals surface area contributed by atoms with Gasteiger partial charge in [0.25, 0.3) is 5.91 Å². The van der Waals surface area contributed by atoms with Crippen molar-refractivity contribution in [2.75, 3.05) is 13.2 Å².